The maximum absolute atomic E-state index is 12.3. The van der Waals surface area contributed by atoms with Gasteiger partial charge in [-0.15, -0.1) is 11.3 Å². The molecule has 3 rings (SSSR count). The SMILES string of the molecule is O=C(O)c1cn2c(=O)n(Cc3ccncc3)c(=O)cc2s1. The Morgan fingerprint density at radius 1 is 1.29 bits per heavy atom. The van der Waals surface area contributed by atoms with Gasteiger partial charge in [0.15, 0.2) is 0 Å². The molecule has 0 saturated heterocycles. The van der Waals surface area contributed by atoms with Crippen LogP contribution in [-0.4, -0.2) is 25.0 Å². The van der Waals surface area contributed by atoms with Gasteiger partial charge in [0.2, 0.25) is 0 Å². The summed E-state index contributed by atoms with van der Waals surface area (Å²) >= 11 is 0.889. The van der Waals surface area contributed by atoms with Gasteiger partial charge in [0.25, 0.3) is 5.56 Å². The summed E-state index contributed by atoms with van der Waals surface area (Å²) in [7, 11) is 0. The van der Waals surface area contributed by atoms with E-state index in [9.17, 15) is 14.4 Å². The molecule has 0 unspecified atom stereocenters. The molecule has 0 spiro atoms. The molecular weight excluding hydrogens is 294 g/mol. The Morgan fingerprint density at radius 2 is 2.00 bits per heavy atom. The van der Waals surface area contributed by atoms with Crippen molar-refractivity contribution in [1.82, 2.24) is 14.0 Å². The van der Waals surface area contributed by atoms with E-state index in [4.69, 9.17) is 5.11 Å². The Bertz CT molecular complexity index is 939. The van der Waals surface area contributed by atoms with Crippen molar-refractivity contribution in [2.24, 2.45) is 0 Å². The predicted molar refractivity (Wildman–Crippen MR) is 76.1 cm³/mol. The van der Waals surface area contributed by atoms with E-state index < -0.39 is 17.2 Å². The zero-order valence-electron chi connectivity index (χ0n) is 10.6. The van der Waals surface area contributed by atoms with Gasteiger partial charge >= 0.3 is 11.7 Å². The Kier molecular flexibility index (Phi) is 3.15. The van der Waals surface area contributed by atoms with Gasteiger partial charge in [-0.2, -0.15) is 0 Å². The summed E-state index contributed by atoms with van der Waals surface area (Å²) in [6.45, 7) is 0.112. The highest BCUT2D eigenvalue weighted by Crippen LogP contribution is 2.14. The van der Waals surface area contributed by atoms with E-state index in [1.807, 2.05) is 0 Å². The first-order chi connectivity index (χ1) is 10.1. The fourth-order valence-electron chi connectivity index (χ4n) is 1.94. The lowest BCUT2D eigenvalue weighted by atomic mass is 10.3. The first kappa shape index (κ1) is 13.3. The summed E-state index contributed by atoms with van der Waals surface area (Å²) in [6, 6.07) is 4.67. The van der Waals surface area contributed by atoms with E-state index in [-0.39, 0.29) is 11.4 Å². The normalized spacial score (nSPS) is 10.9. The topological polar surface area (TPSA) is 93.7 Å². The highest BCUT2D eigenvalue weighted by atomic mass is 32.1. The number of aromatic carboxylic acids is 1. The van der Waals surface area contributed by atoms with Gasteiger partial charge in [0, 0.05) is 24.7 Å². The Hall–Kier alpha value is -2.74. The molecule has 0 aromatic carbocycles. The maximum atomic E-state index is 12.3. The highest BCUT2D eigenvalue weighted by Gasteiger charge is 2.13. The molecule has 0 aliphatic rings. The Morgan fingerprint density at radius 3 is 2.67 bits per heavy atom. The molecule has 0 aliphatic carbocycles. The minimum absolute atomic E-state index is 0.00756. The summed E-state index contributed by atoms with van der Waals surface area (Å²) in [4.78, 5) is 39.5. The van der Waals surface area contributed by atoms with E-state index in [2.05, 4.69) is 4.98 Å². The Labute approximate surface area is 121 Å². The van der Waals surface area contributed by atoms with E-state index in [0.717, 1.165) is 21.5 Å². The summed E-state index contributed by atoms with van der Waals surface area (Å²) in [5.74, 6) is -1.13. The van der Waals surface area contributed by atoms with Crippen LogP contribution in [0.1, 0.15) is 15.2 Å². The van der Waals surface area contributed by atoms with Gasteiger partial charge < -0.3 is 5.11 Å². The van der Waals surface area contributed by atoms with E-state index >= 15 is 0 Å². The molecule has 8 heteroatoms. The lowest BCUT2D eigenvalue weighted by molar-refractivity contribution is 0.0701. The molecule has 3 heterocycles. The molecular formula is C13H9N3O4S. The third-order valence-corrected chi connectivity index (χ3v) is 3.97. The number of thiazole rings is 1. The van der Waals surface area contributed by atoms with Crippen LogP contribution in [0.2, 0.25) is 0 Å². The molecule has 3 aromatic heterocycles. The number of hydrogen-bond donors (Lipinski definition) is 1. The highest BCUT2D eigenvalue weighted by molar-refractivity contribution is 7.19. The molecule has 21 heavy (non-hydrogen) atoms. The first-order valence-corrected chi connectivity index (χ1v) is 6.76. The summed E-state index contributed by atoms with van der Waals surface area (Å²) in [5, 5.41) is 8.95. The van der Waals surface area contributed by atoms with Gasteiger partial charge in [-0.1, -0.05) is 0 Å². The average molecular weight is 303 g/mol. The number of aromatic nitrogens is 3. The second-order valence-electron chi connectivity index (χ2n) is 4.32. The van der Waals surface area contributed by atoms with Crippen LogP contribution in [0.3, 0.4) is 0 Å². The number of nitrogens with zero attached hydrogens (tertiary/aromatic N) is 3. The maximum Gasteiger partial charge on any atom is 0.347 e. The number of carboxylic acid groups (broad SMARTS) is 1. The lowest BCUT2D eigenvalue weighted by Gasteiger charge is -2.04. The van der Waals surface area contributed by atoms with Crippen LogP contribution in [0, 0.1) is 0 Å². The van der Waals surface area contributed by atoms with Crippen LogP contribution in [0.15, 0.2) is 46.4 Å². The second kappa shape index (κ2) is 4.98. The predicted octanol–water partition coefficient (Wildman–Crippen LogP) is 0.664. The van der Waals surface area contributed by atoms with Crippen molar-refractivity contribution < 1.29 is 9.90 Å². The van der Waals surface area contributed by atoms with E-state index in [1.165, 1.54) is 16.7 Å². The third kappa shape index (κ3) is 2.36. The van der Waals surface area contributed by atoms with Crippen LogP contribution in [0.5, 0.6) is 0 Å². The number of rotatable bonds is 3. The molecule has 3 aromatic rings. The number of fused-ring (bicyclic) bond motifs is 1. The second-order valence-corrected chi connectivity index (χ2v) is 5.38. The average Bonchev–Trinajstić information content (AvgIpc) is 2.89. The van der Waals surface area contributed by atoms with Crippen molar-refractivity contribution in [3.8, 4) is 0 Å². The molecule has 0 bridgehead atoms. The largest absolute Gasteiger partial charge is 0.477 e. The van der Waals surface area contributed by atoms with Gasteiger partial charge in [-0.05, 0) is 17.7 Å². The van der Waals surface area contributed by atoms with Crippen molar-refractivity contribution >= 4 is 22.1 Å². The van der Waals surface area contributed by atoms with Gasteiger partial charge in [-0.25, -0.2) is 9.59 Å². The molecule has 0 fully saturated rings. The van der Waals surface area contributed by atoms with E-state index in [1.54, 1.807) is 24.5 Å². The monoisotopic (exact) mass is 303 g/mol. The summed E-state index contributed by atoms with van der Waals surface area (Å²) < 4.78 is 2.23. The molecule has 7 nitrogen and oxygen atoms in total. The number of carbonyl (C=O) groups is 1. The molecule has 0 amide bonds. The summed E-state index contributed by atoms with van der Waals surface area (Å²) in [6.07, 6.45) is 4.38. The number of hydrogen-bond acceptors (Lipinski definition) is 5. The minimum atomic E-state index is -1.13. The fourth-order valence-corrected chi connectivity index (χ4v) is 2.80. The Balaban J connectivity index is 2.17. The van der Waals surface area contributed by atoms with Crippen LogP contribution in [-0.2, 0) is 6.54 Å². The van der Waals surface area contributed by atoms with Crippen molar-refractivity contribution in [1.29, 1.82) is 0 Å². The van der Waals surface area contributed by atoms with Crippen molar-refractivity contribution in [3.63, 3.8) is 0 Å². The van der Waals surface area contributed by atoms with Gasteiger partial charge in [0.05, 0.1) is 6.54 Å². The lowest BCUT2D eigenvalue weighted by Crippen LogP contribution is -2.36. The van der Waals surface area contributed by atoms with Gasteiger partial charge in [-0.3, -0.25) is 18.7 Å². The molecule has 1 N–H and O–H groups in total. The van der Waals surface area contributed by atoms with Crippen LogP contribution in [0.4, 0.5) is 0 Å². The fraction of sp³-hybridized carbons (Fsp3) is 0.0769. The summed E-state index contributed by atoms with van der Waals surface area (Å²) in [5.41, 5.74) is -0.258. The molecule has 0 saturated carbocycles. The van der Waals surface area contributed by atoms with E-state index in [0.29, 0.717) is 4.83 Å². The molecule has 0 radical (unpaired) electrons. The minimum Gasteiger partial charge on any atom is -0.477 e. The molecule has 106 valence electrons. The molecule has 0 aliphatic heterocycles. The third-order valence-electron chi connectivity index (χ3n) is 2.95. The molecule has 0 atom stereocenters. The number of carboxylic acids is 1. The zero-order valence-corrected chi connectivity index (χ0v) is 11.4. The van der Waals surface area contributed by atoms with Gasteiger partial charge in [0.1, 0.15) is 9.71 Å². The van der Waals surface area contributed by atoms with Crippen LogP contribution in [0.25, 0.3) is 4.83 Å². The first-order valence-electron chi connectivity index (χ1n) is 5.94. The quantitative estimate of drug-likeness (QED) is 0.767. The van der Waals surface area contributed by atoms with Crippen LogP contribution < -0.4 is 11.2 Å². The van der Waals surface area contributed by atoms with Crippen molar-refractivity contribution in [2.75, 3.05) is 0 Å². The smallest absolute Gasteiger partial charge is 0.347 e. The van der Waals surface area contributed by atoms with Crippen molar-refractivity contribution in [3.05, 3.63) is 68.1 Å². The number of pyridine rings is 1. The zero-order chi connectivity index (χ0) is 15.0. The standard InChI is InChI=1S/C13H9N3O4S/c17-10-5-11-16(7-9(21-11)12(18)19)13(20)15(10)6-8-1-3-14-4-2-8/h1-5,7H,6H2,(H,18,19). The van der Waals surface area contributed by atoms with Crippen molar-refractivity contribution in [2.45, 2.75) is 6.54 Å². The van der Waals surface area contributed by atoms with Crippen LogP contribution >= 0.6 is 11.3 Å².